The van der Waals surface area contributed by atoms with E-state index in [1.54, 1.807) is 0 Å². The molecule has 0 saturated heterocycles. The highest BCUT2D eigenvalue weighted by molar-refractivity contribution is 5.79. The summed E-state index contributed by atoms with van der Waals surface area (Å²) in [5.74, 6) is 0.975. The number of nitrogens with one attached hydrogen (secondary N) is 2. The molecule has 0 aromatic heterocycles. The molecule has 0 bridgehead atoms. The molecular weight excluding hydrogens is 340 g/mol. The summed E-state index contributed by atoms with van der Waals surface area (Å²) in [6, 6.07) is 9.25. The van der Waals surface area contributed by atoms with Crippen molar-refractivity contribution in [2.45, 2.75) is 19.9 Å². The Balaban J connectivity index is 1.56. The Morgan fingerprint density at radius 2 is 1.77 bits per heavy atom. The number of fused-ring (bicyclic) bond motifs is 1. The first-order valence-electron chi connectivity index (χ1n) is 8.49. The lowest BCUT2D eigenvalue weighted by Crippen LogP contribution is -2.38. The van der Waals surface area contributed by atoms with Gasteiger partial charge in [-0.3, -0.25) is 0 Å². The summed E-state index contributed by atoms with van der Waals surface area (Å²) >= 11 is 0. The number of rotatable bonds is 6. The van der Waals surface area contributed by atoms with Crippen LogP contribution in [0.25, 0.3) is 0 Å². The van der Waals surface area contributed by atoms with Gasteiger partial charge < -0.3 is 20.1 Å². The van der Waals surface area contributed by atoms with Gasteiger partial charge in [0.05, 0.1) is 6.54 Å². The molecule has 2 aromatic carbocycles. The minimum atomic E-state index is -0.566. The van der Waals surface area contributed by atoms with Crippen LogP contribution in [0.15, 0.2) is 41.4 Å². The molecule has 5 nitrogen and oxygen atoms in total. The second-order valence-electron chi connectivity index (χ2n) is 5.84. The number of hydrogen-bond acceptors (Lipinski definition) is 3. The van der Waals surface area contributed by atoms with E-state index in [-0.39, 0.29) is 6.79 Å². The van der Waals surface area contributed by atoms with E-state index in [9.17, 15) is 8.78 Å². The van der Waals surface area contributed by atoms with E-state index in [4.69, 9.17) is 9.47 Å². The Labute approximate surface area is 151 Å². The standard InChI is InChI=1S/C19H21F2N3O2/c1-2-22-19(23-6-5-13-7-15(20)10-16(21)8-13)24-11-14-3-4-17-18(9-14)26-12-25-17/h3-4,7-10H,2,5-6,11-12H2,1H3,(H2,22,23,24). The fourth-order valence-electron chi connectivity index (χ4n) is 2.63. The van der Waals surface area contributed by atoms with Gasteiger partial charge in [0.25, 0.3) is 0 Å². The maximum Gasteiger partial charge on any atom is 0.231 e. The molecule has 0 amide bonds. The minimum Gasteiger partial charge on any atom is -0.454 e. The van der Waals surface area contributed by atoms with E-state index in [0.717, 1.165) is 23.1 Å². The first-order chi connectivity index (χ1) is 12.6. The SMILES string of the molecule is CCNC(=NCc1ccc2c(c1)OCO2)NCCc1cc(F)cc(F)c1. The van der Waals surface area contributed by atoms with E-state index in [1.807, 2.05) is 25.1 Å². The number of halogens is 2. The summed E-state index contributed by atoms with van der Waals surface area (Å²) in [7, 11) is 0. The molecule has 0 fully saturated rings. The van der Waals surface area contributed by atoms with Gasteiger partial charge in [0.15, 0.2) is 17.5 Å². The maximum absolute atomic E-state index is 13.2. The summed E-state index contributed by atoms with van der Waals surface area (Å²) in [4.78, 5) is 4.53. The third kappa shape index (κ3) is 4.84. The fourth-order valence-corrected chi connectivity index (χ4v) is 2.63. The highest BCUT2D eigenvalue weighted by Gasteiger charge is 2.13. The lowest BCUT2D eigenvalue weighted by Gasteiger charge is -2.11. The van der Waals surface area contributed by atoms with E-state index in [0.29, 0.717) is 37.6 Å². The van der Waals surface area contributed by atoms with Crippen molar-refractivity contribution in [3.8, 4) is 11.5 Å². The van der Waals surface area contributed by atoms with Crippen molar-refractivity contribution in [1.29, 1.82) is 0 Å². The Bertz CT molecular complexity index is 776. The van der Waals surface area contributed by atoms with Gasteiger partial charge >= 0.3 is 0 Å². The molecule has 0 atom stereocenters. The number of guanidine groups is 1. The number of nitrogens with zero attached hydrogens (tertiary/aromatic N) is 1. The molecule has 2 aromatic rings. The van der Waals surface area contributed by atoms with Crippen LogP contribution in [-0.4, -0.2) is 25.8 Å². The quantitative estimate of drug-likeness (QED) is 0.614. The number of hydrogen-bond donors (Lipinski definition) is 2. The van der Waals surface area contributed by atoms with Crippen LogP contribution in [0.1, 0.15) is 18.1 Å². The molecule has 0 radical (unpaired) electrons. The van der Waals surface area contributed by atoms with Crippen molar-refractivity contribution < 1.29 is 18.3 Å². The number of aliphatic imine (C=N–C) groups is 1. The Morgan fingerprint density at radius 1 is 1.00 bits per heavy atom. The Hall–Kier alpha value is -2.83. The van der Waals surface area contributed by atoms with E-state index >= 15 is 0 Å². The number of ether oxygens (including phenoxy) is 2. The van der Waals surface area contributed by atoms with Gasteiger partial charge in [0.2, 0.25) is 6.79 Å². The molecule has 1 aliphatic heterocycles. The van der Waals surface area contributed by atoms with Gasteiger partial charge in [0.1, 0.15) is 11.6 Å². The van der Waals surface area contributed by atoms with Crippen molar-refractivity contribution in [2.75, 3.05) is 19.9 Å². The van der Waals surface area contributed by atoms with Gasteiger partial charge in [-0.15, -0.1) is 0 Å². The monoisotopic (exact) mass is 361 g/mol. The molecule has 0 unspecified atom stereocenters. The minimum absolute atomic E-state index is 0.243. The van der Waals surface area contributed by atoms with Gasteiger partial charge in [-0.05, 0) is 48.7 Å². The third-order valence-electron chi connectivity index (χ3n) is 3.83. The second-order valence-corrected chi connectivity index (χ2v) is 5.84. The molecule has 7 heteroatoms. The van der Waals surface area contributed by atoms with Crippen molar-refractivity contribution in [3.63, 3.8) is 0 Å². The third-order valence-corrected chi connectivity index (χ3v) is 3.83. The van der Waals surface area contributed by atoms with Crippen LogP contribution >= 0.6 is 0 Å². The van der Waals surface area contributed by atoms with E-state index < -0.39 is 11.6 Å². The highest BCUT2D eigenvalue weighted by Crippen LogP contribution is 2.32. The number of benzene rings is 2. The summed E-state index contributed by atoms with van der Waals surface area (Å²) < 4.78 is 37.1. The molecule has 0 aliphatic carbocycles. The summed E-state index contributed by atoms with van der Waals surface area (Å²) in [5.41, 5.74) is 1.60. The van der Waals surface area contributed by atoms with E-state index in [1.165, 1.54) is 12.1 Å². The van der Waals surface area contributed by atoms with Crippen molar-refractivity contribution in [1.82, 2.24) is 10.6 Å². The average Bonchev–Trinajstić information content (AvgIpc) is 3.06. The molecule has 2 N–H and O–H groups in total. The molecule has 0 spiro atoms. The molecule has 3 rings (SSSR count). The molecule has 0 saturated carbocycles. The van der Waals surface area contributed by atoms with Gasteiger partial charge in [-0.25, -0.2) is 13.8 Å². The Kier molecular flexibility index (Phi) is 5.88. The molecule has 1 heterocycles. The van der Waals surface area contributed by atoms with E-state index in [2.05, 4.69) is 15.6 Å². The van der Waals surface area contributed by atoms with Gasteiger partial charge in [-0.1, -0.05) is 6.07 Å². The summed E-state index contributed by atoms with van der Waals surface area (Å²) in [6.45, 7) is 3.91. The molecule has 138 valence electrons. The first kappa shape index (κ1) is 18.0. The van der Waals surface area contributed by atoms with Crippen LogP contribution in [0.4, 0.5) is 8.78 Å². The molecule has 26 heavy (non-hydrogen) atoms. The van der Waals surface area contributed by atoms with Crippen LogP contribution in [-0.2, 0) is 13.0 Å². The van der Waals surface area contributed by atoms with Crippen LogP contribution in [0.2, 0.25) is 0 Å². The smallest absolute Gasteiger partial charge is 0.231 e. The topological polar surface area (TPSA) is 54.9 Å². The summed E-state index contributed by atoms with van der Waals surface area (Å²) in [6.07, 6.45) is 0.489. The average molecular weight is 361 g/mol. The second kappa shape index (κ2) is 8.51. The summed E-state index contributed by atoms with van der Waals surface area (Å²) in [5, 5.41) is 6.32. The van der Waals surface area contributed by atoms with Crippen LogP contribution in [0.5, 0.6) is 11.5 Å². The van der Waals surface area contributed by atoms with Crippen LogP contribution in [0.3, 0.4) is 0 Å². The zero-order chi connectivity index (χ0) is 18.4. The normalized spacial score (nSPS) is 13.0. The predicted molar refractivity (Wildman–Crippen MR) is 95.4 cm³/mol. The zero-order valence-electron chi connectivity index (χ0n) is 14.5. The zero-order valence-corrected chi connectivity index (χ0v) is 14.5. The van der Waals surface area contributed by atoms with Crippen LogP contribution < -0.4 is 20.1 Å². The van der Waals surface area contributed by atoms with Crippen LogP contribution in [0, 0.1) is 11.6 Å². The van der Waals surface area contributed by atoms with Crippen molar-refractivity contribution >= 4 is 5.96 Å². The largest absolute Gasteiger partial charge is 0.454 e. The highest BCUT2D eigenvalue weighted by atomic mass is 19.1. The van der Waals surface area contributed by atoms with Gasteiger partial charge in [-0.2, -0.15) is 0 Å². The predicted octanol–water partition coefficient (Wildman–Crippen LogP) is 2.99. The molecule has 1 aliphatic rings. The first-order valence-corrected chi connectivity index (χ1v) is 8.49. The van der Waals surface area contributed by atoms with Crippen molar-refractivity contribution in [2.24, 2.45) is 4.99 Å². The fraction of sp³-hybridized carbons (Fsp3) is 0.316. The van der Waals surface area contributed by atoms with Gasteiger partial charge in [0, 0.05) is 19.2 Å². The Morgan fingerprint density at radius 3 is 2.54 bits per heavy atom. The molecular formula is C19H21F2N3O2. The maximum atomic E-state index is 13.2. The lowest BCUT2D eigenvalue weighted by atomic mass is 10.1. The lowest BCUT2D eigenvalue weighted by molar-refractivity contribution is 0.174. The van der Waals surface area contributed by atoms with Crippen molar-refractivity contribution in [3.05, 3.63) is 59.2 Å².